The summed E-state index contributed by atoms with van der Waals surface area (Å²) >= 11 is 0.742. The van der Waals surface area contributed by atoms with Gasteiger partial charge >= 0.3 is 0 Å². The topological polar surface area (TPSA) is 128 Å². The molecule has 0 atom stereocenters. The van der Waals surface area contributed by atoms with Gasteiger partial charge in [-0.05, 0) is 72.8 Å². The van der Waals surface area contributed by atoms with E-state index < -0.39 is 28.5 Å². The van der Waals surface area contributed by atoms with Crippen LogP contribution in [-0.2, 0) is 16.2 Å². The van der Waals surface area contributed by atoms with Crippen LogP contribution in [0.2, 0.25) is 0 Å². The second-order valence-corrected chi connectivity index (χ2v) is 9.02. The minimum absolute atomic E-state index is 0.0157. The Labute approximate surface area is 222 Å². The normalized spacial score (nSPS) is 14.0. The van der Waals surface area contributed by atoms with Crippen LogP contribution in [0, 0.1) is 10.1 Å². The average Bonchev–Trinajstić information content (AvgIpc) is 3.17. The Hall–Kier alpha value is -4.64. The van der Waals surface area contributed by atoms with Crippen LogP contribution in [0.25, 0.3) is 6.08 Å². The van der Waals surface area contributed by atoms with Crippen LogP contribution < -0.4 is 14.8 Å². The number of para-hydroxylation sites is 1. The lowest BCUT2D eigenvalue weighted by molar-refractivity contribution is -0.384. The first-order valence-electron chi connectivity index (χ1n) is 11.6. The highest BCUT2D eigenvalue weighted by Crippen LogP contribution is 2.34. The number of rotatable bonds is 10. The molecule has 1 heterocycles. The van der Waals surface area contributed by atoms with Crippen LogP contribution in [0.15, 0.2) is 77.7 Å². The van der Waals surface area contributed by atoms with Crippen molar-refractivity contribution in [2.45, 2.75) is 13.5 Å². The minimum Gasteiger partial charge on any atom is -0.494 e. The number of carbonyl (C=O) groups is 3. The molecular weight excluding hydrogens is 510 g/mol. The molecule has 3 amide bonds. The van der Waals surface area contributed by atoms with Gasteiger partial charge in [0.1, 0.15) is 24.7 Å². The summed E-state index contributed by atoms with van der Waals surface area (Å²) < 4.78 is 11.2. The Kier molecular flexibility index (Phi) is 8.39. The number of thioether (sulfide) groups is 1. The van der Waals surface area contributed by atoms with Crippen molar-refractivity contribution < 1.29 is 28.8 Å². The fourth-order valence-corrected chi connectivity index (χ4v) is 4.36. The monoisotopic (exact) mass is 533 g/mol. The molecule has 1 aliphatic heterocycles. The Bertz CT molecular complexity index is 1390. The summed E-state index contributed by atoms with van der Waals surface area (Å²) in [6, 6.07) is 19.7. The molecule has 0 unspecified atom stereocenters. The number of carbonyl (C=O) groups excluding carboxylic acids is 3. The van der Waals surface area contributed by atoms with Crippen molar-refractivity contribution in [3.8, 4) is 11.5 Å². The zero-order valence-corrected chi connectivity index (χ0v) is 21.1. The number of benzene rings is 3. The van der Waals surface area contributed by atoms with E-state index in [0.29, 0.717) is 29.4 Å². The average molecular weight is 534 g/mol. The van der Waals surface area contributed by atoms with E-state index in [-0.39, 0.29) is 17.2 Å². The van der Waals surface area contributed by atoms with Gasteiger partial charge in [-0.15, -0.1) is 0 Å². The number of nitro benzene ring substituents is 1. The largest absolute Gasteiger partial charge is 0.494 e. The molecule has 0 saturated carbocycles. The van der Waals surface area contributed by atoms with Crippen molar-refractivity contribution in [2.24, 2.45) is 0 Å². The fraction of sp³-hybridized carbons (Fsp3) is 0.148. The number of ether oxygens (including phenoxy) is 2. The van der Waals surface area contributed by atoms with Crippen molar-refractivity contribution in [2.75, 3.05) is 18.5 Å². The smallest absolute Gasteiger partial charge is 0.294 e. The predicted octanol–water partition coefficient (Wildman–Crippen LogP) is 5.25. The number of nitrogens with zero attached hydrogens (tertiary/aromatic N) is 2. The highest BCUT2D eigenvalue weighted by atomic mass is 32.2. The Balaban J connectivity index is 1.40. The lowest BCUT2D eigenvalue weighted by Crippen LogP contribution is -2.36. The lowest BCUT2D eigenvalue weighted by Gasteiger charge is -2.13. The second kappa shape index (κ2) is 12.1. The maximum atomic E-state index is 12.9. The molecule has 0 aromatic heterocycles. The molecule has 0 bridgehead atoms. The van der Waals surface area contributed by atoms with Gasteiger partial charge in [0.25, 0.3) is 16.8 Å². The van der Waals surface area contributed by atoms with Crippen molar-refractivity contribution in [1.29, 1.82) is 0 Å². The Morgan fingerprint density at radius 3 is 2.42 bits per heavy atom. The maximum Gasteiger partial charge on any atom is 0.294 e. The van der Waals surface area contributed by atoms with Crippen molar-refractivity contribution >= 4 is 46.3 Å². The number of nitro groups is 1. The molecule has 1 N–H and O–H groups in total. The molecule has 4 rings (SSSR count). The van der Waals surface area contributed by atoms with Gasteiger partial charge in [-0.3, -0.25) is 29.4 Å². The Morgan fingerprint density at radius 1 is 1.03 bits per heavy atom. The van der Waals surface area contributed by atoms with Gasteiger partial charge in [0, 0.05) is 23.4 Å². The van der Waals surface area contributed by atoms with Gasteiger partial charge in [0.2, 0.25) is 5.91 Å². The van der Waals surface area contributed by atoms with Crippen LogP contribution in [-0.4, -0.2) is 40.0 Å². The summed E-state index contributed by atoms with van der Waals surface area (Å²) in [5.74, 6) is 0.0426. The summed E-state index contributed by atoms with van der Waals surface area (Å²) in [7, 11) is 0. The highest BCUT2D eigenvalue weighted by molar-refractivity contribution is 8.18. The van der Waals surface area contributed by atoms with Gasteiger partial charge in [0.15, 0.2) is 0 Å². The van der Waals surface area contributed by atoms with Gasteiger partial charge in [0.05, 0.1) is 16.4 Å². The zero-order chi connectivity index (χ0) is 27.1. The number of imide groups is 1. The molecule has 38 heavy (non-hydrogen) atoms. The van der Waals surface area contributed by atoms with Crippen molar-refractivity contribution in [3.05, 3.63) is 98.9 Å². The van der Waals surface area contributed by atoms with Crippen LogP contribution in [0.5, 0.6) is 11.5 Å². The van der Waals surface area contributed by atoms with Crippen LogP contribution >= 0.6 is 11.8 Å². The number of amides is 3. The number of non-ortho nitro benzene ring substituents is 1. The summed E-state index contributed by atoms with van der Waals surface area (Å²) in [6.45, 7) is 2.12. The van der Waals surface area contributed by atoms with E-state index in [1.165, 1.54) is 12.1 Å². The summed E-state index contributed by atoms with van der Waals surface area (Å²) in [5.41, 5.74) is 1.79. The number of anilines is 1. The molecule has 0 radical (unpaired) electrons. The number of hydrogen-bond acceptors (Lipinski definition) is 8. The Morgan fingerprint density at radius 2 is 1.74 bits per heavy atom. The molecule has 194 valence electrons. The molecule has 11 heteroatoms. The first kappa shape index (κ1) is 26.4. The second-order valence-electron chi connectivity index (χ2n) is 8.02. The molecule has 3 aromatic rings. The van der Waals surface area contributed by atoms with Gasteiger partial charge < -0.3 is 14.8 Å². The highest BCUT2D eigenvalue weighted by Gasteiger charge is 2.36. The predicted molar refractivity (Wildman–Crippen MR) is 143 cm³/mol. The lowest BCUT2D eigenvalue weighted by atomic mass is 10.1. The summed E-state index contributed by atoms with van der Waals surface area (Å²) in [6.07, 6.45) is 1.54. The first-order chi connectivity index (χ1) is 18.3. The quantitative estimate of drug-likeness (QED) is 0.213. The third-order valence-corrected chi connectivity index (χ3v) is 6.28. The number of hydrogen-bond donors (Lipinski definition) is 1. The molecule has 3 aromatic carbocycles. The van der Waals surface area contributed by atoms with E-state index in [1.807, 2.05) is 6.92 Å². The summed E-state index contributed by atoms with van der Waals surface area (Å²) in [4.78, 5) is 49.3. The zero-order valence-electron chi connectivity index (χ0n) is 20.3. The van der Waals surface area contributed by atoms with E-state index >= 15 is 0 Å². The van der Waals surface area contributed by atoms with Gasteiger partial charge in [-0.2, -0.15) is 0 Å². The SMILES string of the molecule is CCOc1ccc(NC(=O)CN2C(=O)S/C(=C/c3ccccc3OCc3ccc([N+](=O)[O-])cc3)C2=O)cc1. The molecule has 1 aliphatic rings. The van der Waals surface area contributed by atoms with Gasteiger partial charge in [-0.25, -0.2) is 0 Å². The third-order valence-electron chi connectivity index (χ3n) is 5.37. The first-order valence-corrected chi connectivity index (χ1v) is 12.4. The van der Waals surface area contributed by atoms with Gasteiger partial charge in [-0.1, -0.05) is 18.2 Å². The molecule has 0 spiro atoms. The number of nitrogens with one attached hydrogen (secondary N) is 1. The third kappa shape index (κ3) is 6.56. The van der Waals surface area contributed by atoms with Crippen molar-refractivity contribution in [3.63, 3.8) is 0 Å². The molecule has 10 nitrogen and oxygen atoms in total. The van der Waals surface area contributed by atoms with E-state index in [1.54, 1.807) is 66.7 Å². The molecular formula is C27H23N3O7S. The summed E-state index contributed by atoms with van der Waals surface area (Å²) in [5, 5.41) is 13.0. The van der Waals surface area contributed by atoms with E-state index in [9.17, 15) is 24.5 Å². The van der Waals surface area contributed by atoms with Crippen LogP contribution in [0.4, 0.5) is 16.2 Å². The van der Waals surface area contributed by atoms with E-state index in [4.69, 9.17) is 9.47 Å². The van der Waals surface area contributed by atoms with Crippen molar-refractivity contribution in [1.82, 2.24) is 4.90 Å². The minimum atomic E-state index is -0.577. The molecule has 0 aliphatic carbocycles. The standard InChI is InChI=1S/C27H23N3O7S/c1-2-36-22-13-9-20(10-14-22)28-25(31)16-29-26(32)24(38-27(29)33)15-19-5-3-4-6-23(19)37-17-18-7-11-21(12-8-18)30(34)35/h3-15H,2,16-17H2,1H3,(H,28,31)/b24-15+. The maximum absolute atomic E-state index is 12.9. The fourth-order valence-electron chi connectivity index (χ4n) is 3.53. The van der Waals surface area contributed by atoms with E-state index in [0.717, 1.165) is 22.2 Å². The van der Waals surface area contributed by atoms with Crippen LogP contribution in [0.3, 0.4) is 0 Å². The molecule has 1 saturated heterocycles. The van der Waals surface area contributed by atoms with E-state index in [2.05, 4.69) is 5.32 Å². The molecule has 1 fully saturated rings. The van der Waals surface area contributed by atoms with Crippen LogP contribution in [0.1, 0.15) is 18.1 Å².